The molecule has 0 radical (unpaired) electrons. The highest BCUT2D eigenvalue weighted by Gasteiger charge is 2.13. The lowest BCUT2D eigenvalue weighted by molar-refractivity contribution is -0.142. The molecule has 0 spiro atoms. The number of carbonyl (C=O) groups excluding carboxylic acids is 2. The van der Waals surface area contributed by atoms with Gasteiger partial charge < -0.3 is 19.9 Å². The maximum atomic E-state index is 13.4. The van der Waals surface area contributed by atoms with Crippen LogP contribution in [-0.2, 0) is 14.3 Å². The number of anilines is 1. The van der Waals surface area contributed by atoms with Gasteiger partial charge >= 0.3 is 5.97 Å². The molecule has 26 heavy (non-hydrogen) atoms. The second kappa shape index (κ2) is 8.61. The average Bonchev–Trinajstić information content (AvgIpc) is 2.62. The molecule has 0 heterocycles. The number of methoxy groups -OCH3 is 1. The Labute approximate surface area is 147 Å². The van der Waals surface area contributed by atoms with Crippen LogP contribution in [0.5, 0.6) is 11.5 Å². The lowest BCUT2D eigenvalue weighted by atomic mass is 10.2. The number of phenolic OH excluding ortho intramolecular Hbond substituents is 1. The van der Waals surface area contributed by atoms with Crippen LogP contribution in [0.2, 0.25) is 0 Å². The summed E-state index contributed by atoms with van der Waals surface area (Å²) in [6, 6.07) is 7.55. The minimum absolute atomic E-state index is 0.0516. The van der Waals surface area contributed by atoms with E-state index in [9.17, 15) is 23.5 Å². The predicted octanol–water partition coefficient (Wildman–Crippen LogP) is 2.87. The Bertz CT molecular complexity index is 831. The zero-order valence-corrected chi connectivity index (χ0v) is 13.7. The largest absolute Gasteiger partial charge is 0.504 e. The summed E-state index contributed by atoms with van der Waals surface area (Å²) in [4.78, 5) is 23.2. The second-order valence-electron chi connectivity index (χ2n) is 5.02. The van der Waals surface area contributed by atoms with Crippen LogP contribution in [0.25, 0.3) is 6.08 Å². The number of hydrogen-bond acceptors (Lipinski definition) is 5. The van der Waals surface area contributed by atoms with Crippen LogP contribution in [0.3, 0.4) is 0 Å². The van der Waals surface area contributed by atoms with Crippen molar-refractivity contribution in [1.29, 1.82) is 0 Å². The van der Waals surface area contributed by atoms with Gasteiger partial charge in [-0.1, -0.05) is 12.1 Å². The Balaban J connectivity index is 1.89. The third-order valence-corrected chi connectivity index (χ3v) is 3.19. The molecule has 0 unspecified atom stereocenters. The van der Waals surface area contributed by atoms with Gasteiger partial charge in [-0.3, -0.25) is 4.79 Å². The predicted molar refractivity (Wildman–Crippen MR) is 89.6 cm³/mol. The van der Waals surface area contributed by atoms with Crippen LogP contribution in [0.4, 0.5) is 14.5 Å². The number of phenols is 1. The molecule has 2 rings (SSSR count). The normalized spacial score (nSPS) is 10.6. The van der Waals surface area contributed by atoms with Crippen molar-refractivity contribution in [3.63, 3.8) is 0 Å². The highest BCUT2D eigenvalue weighted by atomic mass is 19.1. The van der Waals surface area contributed by atoms with Crippen LogP contribution in [0, 0.1) is 11.6 Å². The number of nitrogens with one attached hydrogen (secondary N) is 1. The topological polar surface area (TPSA) is 84.9 Å². The molecule has 2 aromatic rings. The number of para-hydroxylation sites is 1. The van der Waals surface area contributed by atoms with Crippen molar-refractivity contribution in [3.8, 4) is 11.5 Å². The maximum Gasteiger partial charge on any atom is 0.331 e. The van der Waals surface area contributed by atoms with Gasteiger partial charge in [-0.05, 0) is 35.9 Å². The molecule has 0 saturated heterocycles. The summed E-state index contributed by atoms with van der Waals surface area (Å²) in [5, 5.41) is 11.5. The van der Waals surface area contributed by atoms with Crippen molar-refractivity contribution in [3.05, 3.63) is 59.7 Å². The van der Waals surface area contributed by atoms with E-state index < -0.39 is 35.8 Å². The first-order chi connectivity index (χ1) is 12.4. The van der Waals surface area contributed by atoms with Crippen molar-refractivity contribution in [1.82, 2.24) is 0 Å². The lowest BCUT2D eigenvalue weighted by Crippen LogP contribution is -2.21. The van der Waals surface area contributed by atoms with Gasteiger partial charge in [-0.15, -0.1) is 0 Å². The molecule has 2 aromatic carbocycles. The quantitative estimate of drug-likeness (QED) is 0.609. The number of halogens is 2. The number of aromatic hydroxyl groups is 1. The number of rotatable bonds is 6. The molecule has 0 aliphatic carbocycles. The van der Waals surface area contributed by atoms with Crippen molar-refractivity contribution >= 4 is 23.6 Å². The van der Waals surface area contributed by atoms with E-state index in [0.717, 1.165) is 24.3 Å². The Kier molecular flexibility index (Phi) is 6.26. The van der Waals surface area contributed by atoms with Gasteiger partial charge in [-0.2, -0.15) is 0 Å². The molecule has 8 heteroatoms. The molecule has 1 amide bonds. The molecule has 0 bridgehead atoms. The van der Waals surface area contributed by atoms with Gasteiger partial charge in [0, 0.05) is 6.08 Å². The zero-order chi connectivity index (χ0) is 19.1. The number of amides is 1. The SMILES string of the molecule is COc1cc(/C=C/C(=O)OCC(=O)Nc2c(F)cccc2F)ccc1O. The van der Waals surface area contributed by atoms with Crippen LogP contribution < -0.4 is 10.1 Å². The number of ether oxygens (including phenoxy) is 2. The first kappa shape index (κ1) is 18.9. The highest BCUT2D eigenvalue weighted by Crippen LogP contribution is 2.26. The molecule has 6 nitrogen and oxygen atoms in total. The van der Waals surface area contributed by atoms with Crippen molar-refractivity contribution in [2.75, 3.05) is 19.0 Å². The first-order valence-electron chi connectivity index (χ1n) is 7.36. The smallest absolute Gasteiger partial charge is 0.331 e. The lowest BCUT2D eigenvalue weighted by Gasteiger charge is -2.07. The number of benzene rings is 2. The summed E-state index contributed by atoms with van der Waals surface area (Å²) >= 11 is 0. The molecule has 0 aliphatic heterocycles. The van der Waals surface area contributed by atoms with Crippen molar-refractivity contribution in [2.24, 2.45) is 0 Å². The van der Waals surface area contributed by atoms with Gasteiger partial charge in [0.2, 0.25) is 0 Å². The van der Waals surface area contributed by atoms with Gasteiger partial charge in [0.25, 0.3) is 5.91 Å². The molecule has 0 fully saturated rings. The Morgan fingerprint density at radius 3 is 2.54 bits per heavy atom. The number of hydrogen-bond donors (Lipinski definition) is 2. The van der Waals surface area contributed by atoms with Crippen molar-refractivity contribution in [2.45, 2.75) is 0 Å². The van der Waals surface area contributed by atoms with Crippen LogP contribution >= 0.6 is 0 Å². The summed E-state index contributed by atoms with van der Waals surface area (Å²) in [5.74, 6) is -3.42. The van der Waals surface area contributed by atoms with Crippen LogP contribution in [0.1, 0.15) is 5.56 Å². The monoisotopic (exact) mass is 363 g/mol. The molecule has 2 N–H and O–H groups in total. The summed E-state index contributed by atoms with van der Waals surface area (Å²) in [6.07, 6.45) is 2.45. The summed E-state index contributed by atoms with van der Waals surface area (Å²) < 4.78 is 36.4. The minimum Gasteiger partial charge on any atom is -0.504 e. The molecular formula is C18H15F2NO5. The van der Waals surface area contributed by atoms with E-state index in [0.29, 0.717) is 5.56 Å². The molecule has 0 aliphatic rings. The van der Waals surface area contributed by atoms with Gasteiger partial charge in [-0.25, -0.2) is 13.6 Å². The van der Waals surface area contributed by atoms with Crippen LogP contribution in [0.15, 0.2) is 42.5 Å². The highest BCUT2D eigenvalue weighted by molar-refractivity contribution is 5.94. The summed E-state index contributed by atoms with van der Waals surface area (Å²) in [6.45, 7) is -0.712. The molecule has 0 aromatic heterocycles. The van der Waals surface area contributed by atoms with E-state index in [1.807, 2.05) is 5.32 Å². The fourth-order valence-electron chi connectivity index (χ4n) is 1.94. The van der Waals surface area contributed by atoms with Gasteiger partial charge in [0.1, 0.15) is 17.3 Å². The molecule has 136 valence electrons. The van der Waals surface area contributed by atoms with Crippen LogP contribution in [-0.4, -0.2) is 30.7 Å². The fraction of sp³-hybridized carbons (Fsp3) is 0.111. The minimum atomic E-state index is -0.939. The number of esters is 1. The third-order valence-electron chi connectivity index (χ3n) is 3.19. The second-order valence-corrected chi connectivity index (χ2v) is 5.02. The van der Waals surface area contributed by atoms with E-state index in [-0.39, 0.29) is 11.5 Å². The van der Waals surface area contributed by atoms with E-state index in [1.54, 1.807) is 0 Å². The van der Waals surface area contributed by atoms with Gasteiger partial charge in [0.15, 0.2) is 18.1 Å². The third kappa shape index (κ3) is 5.04. The summed E-state index contributed by atoms with van der Waals surface area (Å²) in [5.41, 5.74) is -0.0604. The first-order valence-corrected chi connectivity index (χ1v) is 7.36. The molecule has 0 atom stereocenters. The standard InChI is InChI=1S/C18H15F2NO5/c1-25-15-9-11(5-7-14(15)22)6-8-17(24)26-10-16(23)21-18-12(19)3-2-4-13(18)20/h2-9,22H,10H2,1H3,(H,21,23)/b8-6+. The summed E-state index contributed by atoms with van der Waals surface area (Å²) in [7, 11) is 1.38. The van der Waals surface area contributed by atoms with Crippen molar-refractivity contribution < 1.29 is 33.0 Å². The Morgan fingerprint density at radius 1 is 1.19 bits per heavy atom. The average molecular weight is 363 g/mol. The van der Waals surface area contributed by atoms with E-state index in [4.69, 9.17) is 9.47 Å². The zero-order valence-electron chi connectivity index (χ0n) is 13.7. The maximum absolute atomic E-state index is 13.4. The van der Waals surface area contributed by atoms with E-state index >= 15 is 0 Å². The Morgan fingerprint density at radius 2 is 1.88 bits per heavy atom. The molecular weight excluding hydrogens is 348 g/mol. The fourth-order valence-corrected chi connectivity index (χ4v) is 1.94. The number of carbonyl (C=O) groups is 2. The van der Waals surface area contributed by atoms with Gasteiger partial charge in [0.05, 0.1) is 7.11 Å². The van der Waals surface area contributed by atoms with E-state index in [2.05, 4.69) is 0 Å². The molecule has 0 saturated carbocycles. The Hall–Kier alpha value is -3.42. The van der Waals surface area contributed by atoms with E-state index in [1.165, 1.54) is 31.4 Å².